The monoisotopic (exact) mass is 376 g/mol. The first-order chi connectivity index (χ1) is 12.5. The molecule has 1 aromatic carbocycles. The van der Waals surface area contributed by atoms with Crippen molar-refractivity contribution in [1.82, 2.24) is 29.9 Å². The van der Waals surface area contributed by atoms with Gasteiger partial charge in [0.1, 0.15) is 11.6 Å². The van der Waals surface area contributed by atoms with Crippen LogP contribution in [0.15, 0.2) is 24.3 Å². The van der Waals surface area contributed by atoms with E-state index in [2.05, 4.69) is 15.5 Å². The van der Waals surface area contributed by atoms with Crippen molar-refractivity contribution >= 4 is 17.5 Å². The zero-order valence-corrected chi connectivity index (χ0v) is 16.2. The Hall–Kier alpha value is -1.96. The fourth-order valence-corrected chi connectivity index (χ4v) is 3.42. The third-order valence-electron chi connectivity index (χ3n) is 4.80. The molecule has 1 saturated heterocycles. The third-order valence-corrected chi connectivity index (χ3v) is 5.03. The maximum atomic E-state index is 12.9. The van der Waals surface area contributed by atoms with Crippen LogP contribution >= 0.6 is 11.6 Å². The number of rotatable bonds is 5. The smallest absolute Gasteiger partial charge is 0.237 e. The predicted molar refractivity (Wildman–Crippen MR) is 101 cm³/mol. The fourth-order valence-electron chi connectivity index (χ4n) is 3.22. The molecular weight excluding hydrogens is 352 g/mol. The maximum Gasteiger partial charge on any atom is 0.237 e. The van der Waals surface area contributed by atoms with Crippen molar-refractivity contribution in [3.05, 3.63) is 46.5 Å². The number of halogens is 1. The number of hydrogen-bond donors (Lipinski definition) is 1. The number of carbonyl (C=O) groups is 1. The minimum atomic E-state index is 0.000391. The predicted octanol–water partition coefficient (Wildman–Crippen LogP) is 1.38. The summed E-state index contributed by atoms with van der Waals surface area (Å²) >= 11 is 6.14. The molecule has 0 bridgehead atoms. The second-order valence-corrected chi connectivity index (χ2v) is 7.19. The summed E-state index contributed by atoms with van der Waals surface area (Å²) in [6.07, 6.45) is 0. The lowest BCUT2D eigenvalue weighted by Gasteiger charge is -2.37. The van der Waals surface area contributed by atoms with Crippen molar-refractivity contribution in [3.63, 3.8) is 0 Å². The molecule has 3 rings (SSSR count). The van der Waals surface area contributed by atoms with Crippen LogP contribution in [0.2, 0.25) is 5.02 Å². The number of hydrogen-bond acceptors (Lipinski definition) is 5. The molecule has 1 unspecified atom stereocenters. The molecule has 0 spiro atoms. The number of piperazine rings is 1. The lowest BCUT2D eigenvalue weighted by atomic mass is 10.0. The Morgan fingerprint density at radius 1 is 1.42 bits per heavy atom. The van der Waals surface area contributed by atoms with Gasteiger partial charge in [-0.25, -0.2) is 0 Å². The van der Waals surface area contributed by atoms with Gasteiger partial charge in [0.2, 0.25) is 5.91 Å². The molecule has 1 aliphatic heterocycles. The SMILES string of the molecule is Cc1nnc(CN(C)CC(=O)N2CCNCC2c2cccc(Cl)c2)n1C. The third kappa shape index (κ3) is 4.23. The van der Waals surface area contributed by atoms with Crippen LogP contribution in [0.5, 0.6) is 0 Å². The van der Waals surface area contributed by atoms with Gasteiger partial charge in [0.15, 0.2) is 0 Å². The van der Waals surface area contributed by atoms with Crippen molar-refractivity contribution in [1.29, 1.82) is 0 Å². The van der Waals surface area contributed by atoms with Crippen LogP contribution in [-0.2, 0) is 18.4 Å². The molecule has 140 valence electrons. The number of carbonyl (C=O) groups excluding carboxylic acids is 1. The van der Waals surface area contributed by atoms with E-state index in [0.717, 1.165) is 30.3 Å². The lowest BCUT2D eigenvalue weighted by molar-refractivity contribution is -0.135. The van der Waals surface area contributed by atoms with Gasteiger partial charge in [-0.3, -0.25) is 9.69 Å². The van der Waals surface area contributed by atoms with Gasteiger partial charge in [-0.05, 0) is 31.7 Å². The molecule has 0 radical (unpaired) electrons. The molecule has 1 amide bonds. The van der Waals surface area contributed by atoms with Gasteiger partial charge in [-0.2, -0.15) is 0 Å². The molecule has 1 N–H and O–H groups in total. The molecule has 7 nitrogen and oxygen atoms in total. The summed E-state index contributed by atoms with van der Waals surface area (Å²) in [4.78, 5) is 16.9. The molecule has 8 heteroatoms. The van der Waals surface area contributed by atoms with E-state index in [1.54, 1.807) is 0 Å². The Kier molecular flexibility index (Phi) is 5.90. The molecule has 2 heterocycles. The normalized spacial score (nSPS) is 17.7. The van der Waals surface area contributed by atoms with Crippen LogP contribution in [0.25, 0.3) is 0 Å². The van der Waals surface area contributed by atoms with Gasteiger partial charge in [0.05, 0.1) is 19.1 Å². The van der Waals surface area contributed by atoms with Crippen LogP contribution in [0.4, 0.5) is 0 Å². The number of nitrogens with zero attached hydrogens (tertiary/aromatic N) is 5. The van der Waals surface area contributed by atoms with Crippen LogP contribution in [-0.4, -0.2) is 63.7 Å². The number of aromatic nitrogens is 3. The molecule has 1 fully saturated rings. The molecule has 1 aromatic heterocycles. The van der Waals surface area contributed by atoms with Crippen molar-refractivity contribution in [2.45, 2.75) is 19.5 Å². The average Bonchev–Trinajstić information content (AvgIpc) is 2.93. The first-order valence-corrected chi connectivity index (χ1v) is 9.12. The second-order valence-electron chi connectivity index (χ2n) is 6.76. The van der Waals surface area contributed by atoms with E-state index >= 15 is 0 Å². The van der Waals surface area contributed by atoms with Gasteiger partial charge in [0.25, 0.3) is 0 Å². The molecular formula is C18H25ClN6O. The fraction of sp³-hybridized carbons (Fsp3) is 0.500. The van der Waals surface area contributed by atoms with Gasteiger partial charge in [0, 0.05) is 31.7 Å². The zero-order chi connectivity index (χ0) is 18.7. The van der Waals surface area contributed by atoms with E-state index in [0.29, 0.717) is 24.7 Å². The van der Waals surface area contributed by atoms with Gasteiger partial charge in [-0.1, -0.05) is 23.7 Å². The highest BCUT2D eigenvalue weighted by Crippen LogP contribution is 2.25. The zero-order valence-electron chi connectivity index (χ0n) is 15.4. The highest BCUT2D eigenvalue weighted by atomic mass is 35.5. The minimum Gasteiger partial charge on any atom is -0.332 e. The summed E-state index contributed by atoms with van der Waals surface area (Å²) in [7, 11) is 3.87. The van der Waals surface area contributed by atoms with Crippen LogP contribution < -0.4 is 5.32 Å². The van der Waals surface area contributed by atoms with Gasteiger partial charge < -0.3 is 14.8 Å². The number of amides is 1. The van der Waals surface area contributed by atoms with Gasteiger partial charge >= 0.3 is 0 Å². The molecule has 2 aromatic rings. The van der Waals surface area contributed by atoms with E-state index in [9.17, 15) is 4.79 Å². The summed E-state index contributed by atoms with van der Waals surface area (Å²) in [6.45, 7) is 5.05. The number of benzene rings is 1. The highest BCUT2D eigenvalue weighted by Gasteiger charge is 2.28. The van der Waals surface area contributed by atoms with Crippen molar-refractivity contribution in [2.75, 3.05) is 33.2 Å². The van der Waals surface area contributed by atoms with E-state index in [4.69, 9.17) is 11.6 Å². The van der Waals surface area contributed by atoms with Gasteiger partial charge in [-0.15, -0.1) is 10.2 Å². The Labute approximate surface area is 158 Å². The largest absolute Gasteiger partial charge is 0.332 e. The Balaban J connectivity index is 1.67. The first kappa shape index (κ1) is 18.8. The van der Waals surface area contributed by atoms with Crippen molar-refractivity contribution in [3.8, 4) is 0 Å². The van der Waals surface area contributed by atoms with E-state index in [1.165, 1.54) is 0 Å². The Bertz CT molecular complexity index is 777. The molecule has 1 aliphatic rings. The van der Waals surface area contributed by atoms with Crippen LogP contribution in [0.1, 0.15) is 23.3 Å². The summed E-state index contributed by atoms with van der Waals surface area (Å²) in [5, 5.41) is 12.3. The minimum absolute atomic E-state index is 0.000391. The van der Waals surface area contributed by atoms with E-state index in [-0.39, 0.29) is 11.9 Å². The summed E-state index contributed by atoms with van der Waals surface area (Å²) in [5.41, 5.74) is 1.06. The molecule has 1 atom stereocenters. The van der Waals surface area contributed by atoms with Crippen LogP contribution in [0, 0.1) is 6.92 Å². The summed E-state index contributed by atoms with van der Waals surface area (Å²) in [6, 6.07) is 7.74. The molecule has 0 aliphatic carbocycles. The van der Waals surface area contributed by atoms with E-state index < -0.39 is 0 Å². The lowest BCUT2D eigenvalue weighted by Crippen LogP contribution is -2.51. The van der Waals surface area contributed by atoms with Crippen LogP contribution in [0.3, 0.4) is 0 Å². The topological polar surface area (TPSA) is 66.3 Å². The summed E-state index contributed by atoms with van der Waals surface area (Å²) in [5.74, 6) is 1.82. The molecule has 26 heavy (non-hydrogen) atoms. The number of nitrogens with one attached hydrogen (secondary N) is 1. The number of aryl methyl sites for hydroxylation is 1. The van der Waals surface area contributed by atoms with Crippen molar-refractivity contribution < 1.29 is 4.79 Å². The van der Waals surface area contributed by atoms with E-state index in [1.807, 2.05) is 59.7 Å². The standard InChI is InChI=1S/C18H25ClN6O/c1-13-21-22-17(24(13)3)11-23(2)12-18(26)25-8-7-20-10-16(25)14-5-4-6-15(19)9-14/h4-6,9,16,20H,7-8,10-12H2,1-3H3. The quantitative estimate of drug-likeness (QED) is 0.854. The second kappa shape index (κ2) is 8.16. The highest BCUT2D eigenvalue weighted by molar-refractivity contribution is 6.30. The maximum absolute atomic E-state index is 12.9. The molecule has 0 saturated carbocycles. The van der Waals surface area contributed by atoms with Crippen molar-refractivity contribution in [2.24, 2.45) is 7.05 Å². The average molecular weight is 377 g/mol. The number of likely N-dealkylation sites (N-methyl/N-ethyl adjacent to an activating group) is 1. The Morgan fingerprint density at radius 3 is 2.92 bits per heavy atom. The first-order valence-electron chi connectivity index (χ1n) is 8.74. The summed E-state index contributed by atoms with van der Waals surface area (Å²) < 4.78 is 1.95. The Morgan fingerprint density at radius 2 is 2.23 bits per heavy atom.